The van der Waals surface area contributed by atoms with Gasteiger partial charge in [-0.05, 0) is 17.7 Å². The van der Waals surface area contributed by atoms with Gasteiger partial charge >= 0.3 is 5.97 Å². The van der Waals surface area contributed by atoms with E-state index in [1.807, 2.05) is 42.5 Å². The quantitative estimate of drug-likeness (QED) is 0.400. The number of hydrogen-bond donors (Lipinski definition) is 3. The predicted molar refractivity (Wildman–Crippen MR) is 118 cm³/mol. The molecule has 30 heavy (non-hydrogen) atoms. The van der Waals surface area contributed by atoms with Gasteiger partial charge in [-0.15, -0.1) is 11.3 Å². The van der Waals surface area contributed by atoms with Crippen LogP contribution < -0.4 is 5.32 Å². The summed E-state index contributed by atoms with van der Waals surface area (Å²) in [5.41, 5.74) is 3.15. The molecule has 152 valence electrons. The van der Waals surface area contributed by atoms with Gasteiger partial charge in [0.1, 0.15) is 11.0 Å². The lowest BCUT2D eigenvalue weighted by molar-refractivity contribution is -0.141. The van der Waals surface area contributed by atoms with Gasteiger partial charge in [-0.1, -0.05) is 48.0 Å². The van der Waals surface area contributed by atoms with E-state index in [1.165, 1.54) is 11.3 Å². The van der Waals surface area contributed by atoms with Crippen molar-refractivity contribution in [3.8, 4) is 10.6 Å². The molecule has 0 aliphatic carbocycles. The third-order valence-electron chi connectivity index (χ3n) is 4.73. The first-order valence-electron chi connectivity index (χ1n) is 9.27. The average molecular weight is 440 g/mol. The summed E-state index contributed by atoms with van der Waals surface area (Å²) in [6, 6.07) is 14.0. The van der Waals surface area contributed by atoms with Crippen molar-refractivity contribution in [2.24, 2.45) is 0 Å². The highest BCUT2D eigenvalue weighted by Gasteiger charge is 2.22. The molecule has 0 fully saturated rings. The Labute approximate surface area is 181 Å². The van der Waals surface area contributed by atoms with Crippen molar-refractivity contribution in [3.05, 3.63) is 76.4 Å². The van der Waals surface area contributed by atoms with Crippen LogP contribution in [-0.4, -0.2) is 33.0 Å². The van der Waals surface area contributed by atoms with E-state index in [-0.39, 0.29) is 12.8 Å². The number of fused-ring (bicyclic) bond motifs is 1. The topological polar surface area (TPSA) is 95.1 Å². The molecule has 4 rings (SSSR count). The zero-order chi connectivity index (χ0) is 21.1. The van der Waals surface area contributed by atoms with Crippen molar-refractivity contribution in [1.29, 1.82) is 0 Å². The minimum absolute atomic E-state index is 0.00137. The van der Waals surface area contributed by atoms with Gasteiger partial charge in [0.05, 0.1) is 17.1 Å². The van der Waals surface area contributed by atoms with Crippen LogP contribution in [0.2, 0.25) is 5.02 Å². The van der Waals surface area contributed by atoms with Crippen LogP contribution in [0.15, 0.2) is 60.1 Å². The third-order valence-corrected chi connectivity index (χ3v) is 5.98. The number of rotatable bonds is 7. The number of aliphatic carboxylic acids is 1. The molecule has 4 aromatic rings. The molecule has 8 heteroatoms. The van der Waals surface area contributed by atoms with Crippen LogP contribution in [0.1, 0.15) is 11.3 Å². The number of carboxylic acids is 1. The summed E-state index contributed by atoms with van der Waals surface area (Å²) >= 11 is 7.60. The Morgan fingerprint density at radius 3 is 2.73 bits per heavy atom. The average Bonchev–Trinajstić information content (AvgIpc) is 3.35. The molecule has 3 N–H and O–H groups in total. The molecule has 6 nitrogen and oxygen atoms in total. The number of carboxylic acid groups (broad SMARTS) is 1. The first kappa shape index (κ1) is 20.1. The lowest BCUT2D eigenvalue weighted by Gasteiger charge is -2.14. The number of aromatic amines is 1. The maximum Gasteiger partial charge on any atom is 0.326 e. The molecule has 0 radical (unpaired) electrons. The van der Waals surface area contributed by atoms with Gasteiger partial charge in [-0.2, -0.15) is 0 Å². The number of thiazole rings is 1. The van der Waals surface area contributed by atoms with E-state index in [0.717, 1.165) is 27.0 Å². The molecule has 2 aromatic heterocycles. The fraction of sp³-hybridized carbons (Fsp3) is 0.136. The Balaban J connectivity index is 1.44. The summed E-state index contributed by atoms with van der Waals surface area (Å²) < 4.78 is 0. The Bertz CT molecular complexity index is 1220. The van der Waals surface area contributed by atoms with Crippen LogP contribution in [0.3, 0.4) is 0 Å². The van der Waals surface area contributed by atoms with Crippen LogP contribution in [0.5, 0.6) is 0 Å². The number of H-pyrrole nitrogens is 1. The molecule has 2 aromatic carbocycles. The van der Waals surface area contributed by atoms with Crippen molar-refractivity contribution in [3.63, 3.8) is 0 Å². The van der Waals surface area contributed by atoms with Crippen molar-refractivity contribution >= 4 is 45.7 Å². The van der Waals surface area contributed by atoms with Crippen molar-refractivity contribution in [2.75, 3.05) is 0 Å². The van der Waals surface area contributed by atoms with Crippen LogP contribution >= 0.6 is 22.9 Å². The van der Waals surface area contributed by atoms with E-state index < -0.39 is 17.9 Å². The van der Waals surface area contributed by atoms with Gasteiger partial charge in [-0.3, -0.25) is 4.79 Å². The number of aromatic nitrogens is 2. The maximum atomic E-state index is 12.5. The molecular formula is C22H18ClN3O3S. The van der Waals surface area contributed by atoms with E-state index in [4.69, 9.17) is 11.6 Å². The highest BCUT2D eigenvalue weighted by atomic mass is 35.5. The predicted octanol–water partition coefficient (Wildman–Crippen LogP) is 4.30. The van der Waals surface area contributed by atoms with E-state index in [1.54, 1.807) is 17.6 Å². The second-order valence-electron chi connectivity index (χ2n) is 6.82. The summed E-state index contributed by atoms with van der Waals surface area (Å²) in [4.78, 5) is 31.8. The van der Waals surface area contributed by atoms with E-state index >= 15 is 0 Å². The lowest BCUT2D eigenvalue weighted by Crippen LogP contribution is -2.43. The minimum Gasteiger partial charge on any atom is -0.480 e. The molecule has 0 saturated carbocycles. The normalized spacial score (nSPS) is 12.0. The van der Waals surface area contributed by atoms with Gasteiger partial charge in [0.25, 0.3) is 0 Å². The van der Waals surface area contributed by atoms with Crippen LogP contribution in [0.4, 0.5) is 0 Å². The van der Waals surface area contributed by atoms with Gasteiger partial charge in [-0.25, -0.2) is 9.78 Å². The highest BCUT2D eigenvalue weighted by molar-refractivity contribution is 7.13. The first-order chi connectivity index (χ1) is 14.5. The van der Waals surface area contributed by atoms with Crippen molar-refractivity contribution in [2.45, 2.75) is 18.9 Å². The second kappa shape index (κ2) is 8.69. The molecule has 1 amide bonds. The zero-order valence-corrected chi connectivity index (χ0v) is 17.3. The molecule has 0 saturated heterocycles. The largest absolute Gasteiger partial charge is 0.480 e. The summed E-state index contributed by atoms with van der Waals surface area (Å²) in [7, 11) is 0. The number of halogens is 1. The molecule has 0 aliphatic heterocycles. The summed E-state index contributed by atoms with van der Waals surface area (Å²) in [6.07, 6.45) is 1.97. The number of carbonyl (C=O) groups excluding carboxylic acids is 1. The second-order valence-corrected chi connectivity index (χ2v) is 8.09. The monoisotopic (exact) mass is 439 g/mol. The molecule has 0 unspecified atom stereocenters. The standard InChI is InChI=1S/C22H18ClN3O3S/c23-17-7-3-1-6-16(17)21-25-14(12-30-21)10-20(27)26-19(22(28)29)9-13-11-24-18-8-4-2-5-15(13)18/h1-8,11-12,19,24H,9-10H2,(H,26,27)(H,28,29)/t19-/m0/s1. The lowest BCUT2D eigenvalue weighted by atomic mass is 10.0. The zero-order valence-electron chi connectivity index (χ0n) is 15.8. The number of para-hydroxylation sites is 1. The minimum atomic E-state index is -1.08. The molecule has 1 atom stereocenters. The van der Waals surface area contributed by atoms with E-state index in [2.05, 4.69) is 15.3 Å². The van der Waals surface area contributed by atoms with Gasteiger partial charge in [0.15, 0.2) is 0 Å². The summed E-state index contributed by atoms with van der Waals surface area (Å²) in [5, 5.41) is 16.2. The number of nitrogens with one attached hydrogen (secondary N) is 2. The Kier molecular flexibility index (Phi) is 5.83. The van der Waals surface area contributed by atoms with Gasteiger partial charge < -0.3 is 15.4 Å². The van der Waals surface area contributed by atoms with Crippen LogP contribution in [0.25, 0.3) is 21.5 Å². The number of nitrogens with zero attached hydrogens (tertiary/aromatic N) is 1. The highest BCUT2D eigenvalue weighted by Crippen LogP contribution is 2.30. The Morgan fingerprint density at radius 1 is 1.17 bits per heavy atom. The van der Waals surface area contributed by atoms with Crippen LogP contribution in [-0.2, 0) is 22.4 Å². The van der Waals surface area contributed by atoms with Gasteiger partial charge in [0.2, 0.25) is 5.91 Å². The maximum absolute atomic E-state index is 12.5. The number of amides is 1. The fourth-order valence-electron chi connectivity index (χ4n) is 3.28. The van der Waals surface area contributed by atoms with Crippen molar-refractivity contribution in [1.82, 2.24) is 15.3 Å². The van der Waals surface area contributed by atoms with E-state index in [9.17, 15) is 14.7 Å². The molecular weight excluding hydrogens is 422 g/mol. The number of hydrogen-bond acceptors (Lipinski definition) is 4. The number of carbonyl (C=O) groups is 2. The number of benzene rings is 2. The Morgan fingerprint density at radius 2 is 1.93 bits per heavy atom. The molecule has 0 aliphatic rings. The Hall–Kier alpha value is -3.16. The molecule has 0 spiro atoms. The van der Waals surface area contributed by atoms with Gasteiger partial charge in [0, 0.05) is 34.5 Å². The molecule has 2 heterocycles. The van der Waals surface area contributed by atoms with Crippen LogP contribution in [0, 0.1) is 0 Å². The SMILES string of the molecule is O=C(Cc1csc(-c2ccccc2Cl)n1)N[C@@H](Cc1c[nH]c2ccccc12)C(=O)O. The fourth-order valence-corrected chi connectivity index (χ4v) is 4.42. The first-order valence-corrected chi connectivity index (χ1v) is 10.5. The summed E-state index contributed by atoms with van der Waals surface area (Å²) in [5.74, 6) is -1.47. The summed E-state index contributed by atoms with van der Waals surface area (Å²) in [6.45, 7) is 0. The van der Waals surface area contributed by atoms with E-state index in [0.29, 0.717) is 10.7 Å². The smallest absolute Gasteiger partial charge is 0.326 e. The third kappa shape index (κ3) is 4.37. The molecule has 0 bridgehead atoms. The van der Waals surface area contributed by atoms with Crippen molar-refractivity contribution < 1.29 is 14.7 Å².